The molecule has 3 rings (SSSR count). The van der Waals surface area contributed by atoms with Crippen LogP contribution in [0, 0.1) is 0 Å². The lowest BCUT2D eigenvalue weighted by Crippen LogP contribution is -2.43. The molecule has 14 heteroatoms. The van der Waals surface area contributed by atoms with Crippen LogP contribution in [-0.2, 0) is 14.8 Å². The van der Waals surface area contributed by atoms with Crippen molar-refractivity contribution in [2.45, 2.75) is 31.8 Å². The van der Waals surface area contributed by atoms with E-state index < -0.39 is 22.2 Å². The van der Waals surface area contributed by atoms with Crippen LogP contribution in [0.1, 0.15) is 31.1 Å². The molecule has 1 amide bonds. The van der Waals surface area contributed by atoms with Gasteiger partial charge in [-0.2, -0.15) is 13.2 Å². The molecule has 0 radical (unpaired) electrons. The fraction of sp³-hybridized carbons (Fsp3) is 0.440. The van der Waals surface area contributed by atoms with Gasteiger partial charge in [0.15, 0.2) is 0 Å². The average molecular weight is 575 g/mol. The third-order valence-corrected chi connectivity index (χ3v) is 7.07. The van der Waals surface area contributed by atoms with Crippen LogP contribution < -0.4 is 19.7 Å². The van der Waals surface area contributed by atoms with Crippen molar-refractivity contribution in [1.82, 2.24) is 10.2 Å². The second kappa shape index (κ2) is 14.0. The van der Waals surface area contributed by atoms with E-state index >= 15 is 0 Å². The van der Waals surface area contributed by atoms with Gasteiger partial charge in [0.25, 0.3) is 15.9 Å². The van der Waals surface area contributed by atoms with Crippen molar-refractivity contribution in [3.05, 3.63) is 48.0 Å². The SMILES string of the molecule is CCOc1ccc(S(=O)(=O)Nc2cc(C(=O)N(CC)CC)ccc2N2CCNCC2)cc1.O=C(O)C(F)(F)F. The number of sulfonamides is 1. The lowest BCUT2D eigenvalue weighted by atomic mass is 10.1. The summed E-state index contributed by atoms with van der Waals surface area (Å²) < 4.78 is 66.2. The Kier molecular flexibility index (Phi) is 11.4. The number of carbonyl (C=O) groups is 2. The Labute approximate surface area is 225 Å². The zero-order chi connectivity index (χ0) is 29.2. The summed E-state index contributed by atoms with van der Waals surface area (Å²) in [6.07, 6.45) is -5.08. The summed E-state index contributed by atoms with van der Waals surface area (Å²) in [5.74, 6) is -2.27. The highest BCUT2D eigenvalue weighted by Gasteiger charge is 2.38. The van der Waals surface area contributed by atoms with Crippen molar-refractivity contribution < 1.29 is 41.0 Å². The smallest absolute Gasteiger partial charge is 0.490 e. The minimum Gasteiger partial charge on any atom is -0.494 e. The third-order valence-electron chi connectivity index (χ3n) is 5.68. The van der Waals surface area contributed by atoms with Crippen LogP contribution in [0.3, 0.4) is 0 Å². The summed E-state index contributed by atoms with van der Waals surface area (Å²) >= 11 is 0. The zero-order valence-electron chi connectivity index (χ0n) is 21.9. The van der Waals surface area contributed by atoms with Crippen molar-refractivity contribution in [1.29, 1.82) is 0 Å². The van der Waals surface area contributed by atoms with Gasteiger partial charge in [0, 0.05) is 44.8 Å². The number of anilines is 2. The number of alkyl halides is 3. The molecule has 1 aliphatic heterocycles. The standard InChI is InChI=1S/C23H32N4O4S.C2HF3O2/c1-4-26(5-2)23(28)18-7-12-22(27-15-13-24-14-16-27)21(17-18)25-32(29,30)20-10-8-19(9-11-20)31-6-3;3-2(4,5)1(6)7/h7-12,17,24-25H,4-6,13-16H2,1-3H3;(H,6,7). The van der Waals surface area contributed by atoms with Gasteiger partial charge in [-0.25, -0.2) is 13.2 Å². The number of piperazine rings is 1. The molecule has 2 aromatic rings. The highest BCUT2D eigenvalue weighted by Crippen LogP contribution is 2.31. The average Bonchev–Trinajstić information content (AvgIpc) is 2.90. The van der Waals surface area contributed by atoms with Crippen molar-refractivity contribution in [3.8, 4) is 5.75 Å². The van der Waals surface area contributed by atoms with Gasteiger partial charge in [-0.15, -0.1) is 0 Å². The van der Waals surface area contributed by atoms with Crippen molar-refractivity contribution in [2.75, 3.05) is 55.5 Å². The molecule has 10 nitrogen and oxygen atoms in total. The Morgan fingerprint density at radius 2 is 1.62 bits per heavy atom. The van der Waals surface area contributed by atoms with Gasteiger partial charge in [0.2, 0.25) is 0 Å². The van der Waals surface area contributed by atoms with Gasteiger partial charge in [-0.1, -0.05) is 0 Å². The first-order valence-electron chi connectivity index (χ1n) is 12.3. The van der Waals surface area contributed by atoms with Gasteiger partial charge < -0.3 is 25.0 Å². The number of halogens is 3. The van der Waals surface area contributed by atoms with Gasteiger partial charge in [-0.3, -0.25) is 9.52 Å². The number of rotatable bonds is 9. The van der Waals surface area contributed by atoms with E-state index in [9.17, 15) is 26.4 Å². The maximum absolute atomic E-state index is 13.2. The first-order valence-corrected chi connectivity index (χ1v) is 13.8. The number of carboxylic acids is 1. The second-order valence-corrected chi connectivity index (χ2v) is 9.94. The topological polar surface area (TPSA) is 128 Å². The number of benzene rings is 2. The molecule has 1 aliphatic rings. The van der Waals surface area contributed by atoms with Gasteiger partial charge in [-0.05, 0) is 63.2 Å². The van der Waals surface area contributed by atoms with Crippen LogP contribution in [0.5, 0.6) is 5.75 Å². The summed E-state index contributed by atoms with van der Waals surface area (Å²) in [5, 5.41) is 10.4. The Bertz CT molecular complexity index is 1210. The van der Waals surface area contributed by atoms with E-state index in [1.165, 1.54) is 12.1 Å². The van der Waals surface area contributed by atoms with Crippen molar-refractivity contribution >= 4 is 33.3 Å². The van der Waals surface area contributed by atoms with E-state index in [1.807, 2.05) is 26.8 Å². The van der Waals surface area contributed by atoms with Gasteiger partial charge >= 0.3 is 12.1 Å². The Balaban J connectivity index is 0.000000673. The summed E-state index contributed by atoms with van der Waals surface area (Å²) in [6, 6.07) is 11.5. The predicted molar refractivity (Wildman–Crippen MR) is 141 cm³/mol. The fourth-order valence-electron chi connectivity index (χ4n) is 3.71. The number of carbonyl (C=O) groups excluding carboxylic acids is 1. The molecule has 3 N–H and O–H groups in total. The third kappa shape index (κ3) is 9.03. The zero-order valence-corrected chi connectivity index (χ0v) is 22.7. The van der Waals surface area contributed by atoms with E-state index in [2.05, 4.69) is 14.9 Å². The summed E-state index contributed by atoms with van der Waals surface area (Å²) in [6.45, 7) is 10.5. The van der Waals surface area contributed by atoms with E-state index in [-0.39, 0.29) is 10.8 Å². The molecule has 0 atom stereocenters. The van der Waals surface area contributed by atoms with Crippen molar-refractivity contribution in [2.24, 2.45) is 0 Å². The Morgan fingerprint density at radius 3 is 2.10 bits per heavy atom. The molecule has 0 bridgehead atoms. The number of hydrogen-bond donors (Lipinski definition) is 3. The maximum atomic E-state index is 13.2. The molecule has 1 heterocycles. The summed E-state index contributed by atoms with van der Waals surface area (Å²) in [5.41, 5.74) is 1.62. The molecule has 0 unspecified atom stereocenters. The number of ether oxygens (including phenoxy) is 1. The normalized spacial score (nSPS) is 13.6. The van der Waals surface area contributed by atoms with Crippen LogP contribution in [-0.4, -0.2) is 82.4 Å². The van der Waals surface area contributed by atoms with E-state index in [1.54, 1.807) is 29.2 Å². The molecule has 0 saturated carbocycles. The quantitative estimate of drug-likeness (QED) is 0.416. The Hall–Kier alpha value is -3.52. The maximum Gasteiger partial charge on any atom is 0.490 e. The van der Waals surface area contributed by atoms with Crippen LogP contribution in [0.15, 0.2) is 47.4 Å². The first kappa shape index (κ1) is 31.7. The minimum absolute atomic E-state index is 0.122. The van der Waals surface area contributed by atoms with Crippen LogP contribution in [0.25, 0.3) is 0 Å². The molecular formula is C25H33F3N4O6S. The molecule has 216 valence electrons. The van der Waals surface area contributed by atoms with Crippen LogP contribution in [0.2, 0.25) is 0 Å². The monoisotopic (exact) mass is 574 g/mol. The van der Waals surface area contributed by atoms with Gasteiger partial charge in [0.05, 0.1) is 22.9 Å². The molecule has 2 aromatic carbocycles. The molecule has 1 fully saturated rings. The van der Waals surface area contributed by atoms with E-state index in [0.717, 1.165) is 31.9 Å². The summed E-state index contributed by atoms with van der Waals surface area (Å²) in [7, 11) is -3.85. The summed E-state index contributed by atoms with van der Waals surface area (Å²) in [4.78, 5) is 25.8. The lowest BCUT2D eigenvalue weighted by Gasteiger charge is -2.31. The van der Waals surface area contributed by atoms with Crippen LogP contribution in [0.4, 0.5) is 24.5 Å². The van der Waals surface area contributed by atoms with Crippen LogP contribution >= 0.6 is 0 Å². The molecule has 0 aliphatic carbocycles. The molecular weight excluding hydrogens is 541 g/mol. The number of amides is 1. The molecule has 0 spiro atoms. The van der Waals surface area contributed by atoms with E-state index in [0.29, 0.717) is 36.7 Å². The molecule has 1 saturated heterocycles. The second-order valence-electron chi connectivity index (χ2n) is 8.26. The number of carboxylic acid groups (broad SMARTS) is 1. The predicted octanol–water partition coefficient (Wildman–Crippen LogP) is 3.41. The highest BCUT2D eigenvalue weighted by atomic mass is 32.2. The van der Waals surface area contributed by atoms with Gasteiger partial charge in [0.1, 0.15) is 5.75 Å². The Morgan fingerprint density at radius 1 is 1.05 bits per heavy atom. The number of hydrogen-bond acceptors (Lipinski definition) is 7. The number of nitrogens with zero attached hydrogens (tertiary/aromatic N) is 2. The molecule has 0 aromatic heterocycles. The van der Waals surface area contributed by atoms with Crippen molar-refractivity contribution in [3.63, 3.8) is 0 Å². The highest BCUT2D eigenvalue weighted by molar-refractivity contribution is 7.92. The molecule has 39 heavy (non-hydrogen) atoms. The van der Waals surface area contributed by atoms with E-state index in [4.69, 9.17) is 14.6 Å². The largest absolute Gasteiger partial charge is 0.494 e. The first-order chi connectivity index (χ1) is 18.3. The minimum atomic E-state index is -5.08. The number of aliphatic carboxylic acids is 1. The fourth-order valence-corrected chi connectivity index (χ4v) is 4.78. The lowest BCUT2D eigenvalue weighted by molar-refractivity contribution is -0.192. The number of nitrogens with one attached hydrogen (secondary N) is 2.